The molecule has 0 aliphatic rings. The maximum Gasteiger partial charge on any atom is 0.335 e. The van der Waals surface area contributed by atoms with Crippen LogP contribution in [-0.4, -0.2) is 29.7 Å². The van der Waals surface area contributed by atoms with Crippen molar-refractivity contribution in [1.82, 2.24) is 0 Å². The van der Waals surface area contributed by atoms with E-state index in [9.17, 15) is 9.59 Å². The number of benzene rings is 1. The second kappa shape index (κ2) is 7.44. The van der Waals surface area contributed by atoms with Crippen LogP contribution in [0.4, 0.5) is 5.69 Å². The molecule has 0 heterocycles. The fourth-order valence-electron chi connectivity index (χ4n) is 1.40. The number of carboxylic acids is 1. The van der Waals surface area contributed by atoms with Gasteiger partial charge in [-0.25, -0.2) is 4.79 Å². The van der Waals surface area contributed by atoms with E-state index in [1.807, 2.05) is 36.4 Å². The molecule has 1 aromatic carbocycles. The van der Waals surface area contributed by atoms with Crippen molar-refractivity contribution in [2.45, 2.75) is 26.4 Å². The first kappa shape index (κ1) is 15.9. The number of hydrogen-bond donors (Lipinski definition) is 2. The minimum absolute atomic E-state index is 0.0871. The monoisotopic (exact) mass is 377 g/mol. The number of nitrogens with one attached hydrogen (secondary N) is 1. The SMILES string of the molecule is CC(C)OCCC(=O)Nc1cc(I)cc(C(=O)O)c1. The fourth-order valence-corrected chi connectivity index (χ4v) is 2.07. The predicted octanol–water partition coefficient (Wildman–Crippen LogP) is 2.74. The number of anilines is 1. The lowest BCUT2D eigenvalue weighted by molar-refractivity contribution is -0.117. The summed E-state index contributed by atoms with van der Waals surface area (Å²) in [4.78, 5) is 22.5. The number of halogens is 1. The first-order chi connectivity index (χ1) is 8.88. The number of ether oxygens (including phenoxy) is 1. The summed E-state index contributed by atoms with van der Waals surface area (Å²) in [7, 11) is 0. The minimum atomic E-state index is -1.02. The Morgan fingerprint density at radius 2 is 2.05 bits per heavy atom. The van der Waals surface area contributed by atoms with Crippen molar-refractivity contribution in [3.63, 3.8) is 0 Å². The molecule has 0 saturated heterocycles. The van der Waals surface area contributed by atoms with Crippen LogP contribution >= 0.6 is 22.6 Å². The van der Waals surface area contributed by atoms with Crippen molar-refractivity contribution in [2.24, 2.45) is 0 Å². The fraction of sp³-hybridized carbons (Fsp3) is 0.385. The standard InChI is InChI=1S/C13H16INO4/c1-8(2)19-4-3-12(16)15-11-6-9(13(17)18)5-10(14)7-11/h5-8H,3-4H2,1-2H3,(H,15,16)(H,17,18). The van der Waals surface area contributed by atoms with Gasteiger partial charge < -0.3 is 15.2 Å². The van der Waals surface area contributed by atoms with Gasteiger partial charge in [-0.05, 0) is 54.6 Å². The molecule has 0 radical (unpaired) electrons. The molecule has 0 unspecified atom stereocenters. The first-order valence-electron chi connectivity index (χ1n) is 5.84. The Morgan fingerprint density at radius 1 is 1.37 bits per heavy atom. The maximum atomic E-state index is 11.6. The zero-order valence-corrected chi connectivity index (χ0v) is 12.9. The van der Waals surface area contributed by atoms with Crippen molar-refractivity contribution in [3.05, 3.63) is 27.3 Å². The van der Waals surface area contributed by atoms with E-state index in [1.165, 1.54) is 6.07 Å². The van der Waals surface area contributed by atoms with E-state index in [-0.39, 0.29) is 24.0 Å². The van der Waals surface area contributed by atoms with Crippen LogP contribution in [0.25, 0.3) is 0 Å². The Balaban J connectivity index is 2.61. The summed E-state index contributed by atoms with van der Waals surface area (Å²) in [6.45, 7) is 4.15. The highest BCUT2D eigenvalue weighted by atomic mass is 127. The van der Waals surface area contributed by atoms with Crippen molar-refractivity contribution in [1.29, 1.82) is 0 Å². The van der Waals surface area contributed by atoms with E-state index in [1.54, 1.807) is 12.1 Å². The molecule has 2 N–H and O–H groups in total. The van der Waals surface area contributed by atoms with Crippen molar-refractivity contribution in [3.8, 4) is 0 Å². The molecule has 1 aromatic rings. The number of hydrogen-bond acceptors (Lipinski definition) is 3. The molecule has 1 amide bonds. The van der Waals surface area contributed by atoms with Gasteiger partial charge in [-0.15, -0.1) is 0 Å². The highest BCUT2D eigenvalue weighted by Gasteiger charge is 2.08. The molecule has 0 fully saturated rings. The second-order valence-electron chi connectivity index (χ2n) is 4.25. The van der Waals surface area contributed by atoms with Crippen LogP contribution in [-0.2, 0) is 9.53 Å². The first-order valence-corrected chi connectivity index (χ1v) is 6.91. The van der Waals surface area contributed by atoms with E-state index < -0.39 is 5.97 Å². The number of amides is 1. The molecule has 5 nitrogen and oxygen atoms in total. The Morgan fingerprint density at radius 3 is 2.63 bits per heavy atom. The van der Waals surface area contributed by atoms with E-state index in [0.717, 1.165) is 3.57 Å². The van der Waals surface area contributed by atoms with Crippen LogP contribution in [0.3, 0.4) is 0 Å². The number of carbonyl (C=O) groups is 2. The van der Waals surface area contributed by atoms with Gasteiger partial charge in [-0.3, -0.25) is 4.79 Å². The van der Waals surface area contributed by atoms with Gasteiger partial charge in [0.15, 0.2) is 0 Å². The van der Waals surface area contributed by atoms with Gasteiger partial charge in [-0.1, -0.05) is 0 Å². The largest absolute Gasteiger partial charge is 0.478 e. The smallest absolute Gasteiger partial charge is 0.335 e. The van der Waals surface area contributed by atoms with E-state index in [0.29, 0.717) is 12.3 Å². The summed E-state index contributed by atoms with van der Waals surface area (Å²) >= 11 is 2.01. The lowest BCUT2D eigenvalue weighted by Crippen LogP contribution is -2.16. The lowest BCUT2D eigenvalue weighted by Gasteiger charge is -2.09. The van der Waals surface area contributed by atoms with Crippen molar-refractivity contribution >= 4 is 40.2 Å². The summed E-state index contributed by atoms with van der Waals surface area (Å²) in [5.74, 6) is -1.21. The second-order valence-corrected chi connectivity index (χ2v) is 5.50. The van der Waals surface area contributed by atoms with Gasteiger partial charge in [0.2, 0.25) is 5.91 Å². The summed E-state index contributed by atoms with van der Waals surface area (Å²) in [5.41, 5.74) is 0.638. The topological polar surface area (TPSA) is 75.6 Å². The van der Waals surface area contributed by atoms with Gasteiger partial charge in [0, 0.05) is 9.26 Å². The molecule has 0 atom stereocenters. The summed E-state index contributed by atoms with van der Waals surface area (Å²) in [6, 6.07) is 4.69. The van der Waals surface area contributed by atoms with Crippen LogP contribution in [0.1, 0.15) is 30.6 Å². The molecule has 0 bridgehead atoms. The Kier molecular flexibility index (Phi) is 6.23. The molecule has 0 spiro atoms. The van der Waals surface area contributed by atoms with E-state index in [2.05, 4.69) is 5.32 Å². The highest BCUT2D eigenvalue weighted by Crippen LogP contribution is 2.17. The quantitative estimate of drug-likeness (QED) is 0.748. The lowest BCUT2D eigenvalue weighted by atomic mass is 10.2. The third kappa shape index (κ3) is 6.02. The zero-order valence-electron chi connectivity index (χ0n) is 10.8. The van der Waals surface area contributed by atoms with Crippen molar-refractivity contribution in [2.75, 3.05) is 11.9 Å². The maximum absolute atomic E-state index is 11.6. The molecular weight excluding hydrogens is 361 g/mol. The van der Waals surface area contributed by atoms with E-state index in [4.69, 9.17) is 9.84 Å². The molecule has 104 valence electrons. The van der Waals surface area contributed by atoms with Gasteiger partial charge in [-0.2, -0.15) is 0 Å². The molecule has 0 aliphatic carbocycles. The average Bonchev–Trinajstić information content (AvgIpc) is 2.27. The number of rotatable bonds is 6. The third-order valence-electron chi connectivity index (χ3n) is 2.21. The molecule has 0 aliphatic heterocycles. The summed E-state index contributed by atoms with van der Waals surface area (Å²) in [6.07, 6.45) is 0.329. The van der Waals surface area contributed by atoms with Gasteiger partial charge in [0.25, 0.3) is 0 Å². The normalized spacial score (nSPS) is 10.5. The summed E-state index contributed by atoms with van der Waals surface area (Å²) < 4.78 is 6.04. The Bertz CT molecular complexity index is 474. The molecule has 0 aromatic heterocycles. The molecule has 6 heteroatoms. The van der Waals surface area contributed by atoms with Crippen LogP contribution in [0.15, 0.2) is 18.2 Å². The van der Waals surface area contributed by atoms with Crippen LogP contribution in [0, 0.1) is 3.57 Å². The number of carbonyl (C=O) groups excluding carboxylic acids is 1. The van der Waals surface area contributed by atoms with Crippen LogP contribution in [0.2, 0.25) is 0 Å². The zero-order chi connectivity index (χ0) is 14.4. The van der Waals surface area contributed by atoms with Crippen LogP contribution < -0.4 is 5.32 Å². The van der Waals surface area contributed by atoms with Gasteiger partial charge >= 0.3 is 5.97 Å². The van der Waals surface area contributed by atoms with Gasteiger partial charge in [0.1, 0.15) is 0 Å². The number of aromatic carboxylic acids is 1. The Hall–Kier alpha value is -1.15. The molecule has 0 saturated carbocycles. The third-order valence-corrected chi connectivity index (χ3v) is 2.83. The molecular formula is C13H16INO4. The van der Waals surface area contributed by atoms with Crippen LogP contribution in [0.5, 0.6) is 0 Å². The minimum Gasteiger partial charge on any atom is -0.478 e. The molecule has 1 rings (SSSR count). The number of carboxylic acid groups (broad SMARTS) is 1. The van der Waals surface area contributed by atoms with Crippen molar-refractivity contribution < 1.29 is 19.4 Å². The average molecular weight is 377 g/mol. The van der Waals surface area contributed by atoms with Gasteiger partial charge in [0.05, 0.1) is 24.7 Å². The Labute approximate surface area is 125 Å². The summed E-state index contributed by atoms with van der Waals surface area (Å²) in [5, 5.41) is 11.6. The van der Waals surface area contributed by atoms with E-state index >= 15 is 0 Å². The molecule has 19 heavy (non-hydrogen) atoms. The highest BCUT2D eigenvalue weighted by molar-refractivity contribution is 14.1. The predicted molar refractivity (Wildman–Crippen MR) is 80.5 cm³/mol.